The van der Waals surface area contributed by atoms with E-state index in [-0.39, 0.29) is 17.1 Å². The zero-order chi connectivity index (χ0) is 17.8. The molecule has 0 amide bonds. The lowest BCUT2D eigenvalue weighted by Crippen LogP contribution is -2.64. The van der Waals surface area contributed by atoms with E-state index in [1.807, 2.05) is 18.2 Å². The quantitative estimate of drug-likeness (QED) is 0.830. The second-order valence-corrected chi connectivity index (χ2v) is 7.69. The highest BCUT2D eigenvalue weighted by Gasteiger charge is 2.58. The molecule has 1 saturated heterocycles. The molecule has 1 aromatic carbocycles. The molecule has 134 valence electrons. The number of piperidine rings is 1. The lowest BCUT2D eigenvalue weighted by molar-refractivity contribution is -0.0258. The van der Waals surface area contributed by atoms with Crippen LogP contribution in [-0.2, 0) is 11.8 Å². The molecule has 0 radical (unpaired) electrons. The predicted molar refractivity (Wildman–Crippen MR) is 98.0 cm³/mol. The third kappa shape index (κ3) is 2.14. The van der Waals surface area contributed by atoms with E-state index in [1.54, 1.807) is 13.2 Å². The number of aliphatic hydroxyl groups excluding tert-OH is 1. The number of methoxy groups -OCH3 is 1. The Bertz CT molecular complexity index is 728. The first-order valence-corrected chi connectivity index (χ1v) is 9.15. The van der Waals surface area contributed by atoms with Crippen molar-refractivity contribution in [2.75, 3.05) is 20.2 Å². The highest BCUT2D eigenvalue weighted by molar-refractivity contribution is 5.58. The number of benzene rings is 1. The minimum absolute atomic E-state index is 0.0747. The smallest absolute Gasteiger partial charge is 0.164 e. The Morgan fingerprint density at radius 2 is 2.20 bits per heavy atom. The van der Waals surface area contributed by atoms with Crippen LogP contribution in [0.15, 0.2) is 36.9 Å². The fourth-order valence-electron chi connectivity index (χ4n) is 5.66. The van der Waals surface area contributed by atoms with Crippen LogP contribution in [0.25, 0.3) is 0 Å². The summed E-state index contributed by atoms with van der Waals surface area (Å²) >= 11 is 0. The van der Waals surface area contributed by atoms with Gasteiger partial charge in [-0.3, -0.25) is 4.90 Å². The van der Waals surface area contributed by atoms with Crippen molar-refractivity contribution in [2.45, 2.75) is 37.3 Å². The summed E-state index contributed by atoms with van der Waals surface area (Å²) in [5.41, 5.74) is 2.15. The summed E-state index contributed by atoms with van der Waals surface area (Å²) in [6.45, 7) is 7.91. The molecule has 0 spiro atoms. The zero-order valence-corrected chi connectivity index (χ0v) is 15.0. The predicted octanol–water partition coefficient (Wildman–Crippen LogP) is 2.64. The van der Waals surface area contributed by atoms with Gasteiger partial charge in [-0.2, -0.15) is 0 Å². The summed E-state index contributed by atoms with van der Waals surface area (Å²) in [4.78, 5) is 2.51. The highest BCUT2D eigenvalue weighted by atomic mass is 16.5. The van der Waals surface area contributed by atoms with Gasteiger partial charge in [0.25, 0.3) is 0 Å². The third-order valence-electron chi connectivity index (χ3n) is 6.82. The first kappa shape index (κ1) is 16.7. The lowest BCUT2D eigenvalue weighted by Gasteiger charge is -2.60. The fraction of sp³-hybridized carbons (Fsp3) is 0.524. The molecule has 4 heteroatoms. The molecule has 2 aliphatic carbocycles. The molecular weight excluding hydrogens is 314 g/mol. The molecule has 0 aromatic heterocycles. The van der Waals surface area contributed by atoms with Crippen LogP contribution in [0, 0.1) is 11.8 Å². The average Bonchev–Trinajstić information content (AvgIpc) is 2.61. The van der Waals surface area contributed by atoms with Crippen LogP contribution in [0.1, 0.15) is 24.5 Å². The molecule has 1 fully saturated rings. The minimum atomic E-state index is -0.471. The van der Waals surface area contributed by atoms with Crippen molar-refractivity contribution in [2.24, 2.45) is 11.8 Å². The minimum Gasteiger partial charge on any atom is -0.504 e. The zero-order valence-electron chi connectivity index (χ0n) is 15.0. The van der Waals surface area contributed by atoms with Gasteiger partial charge in [-0.1, -0.05) is 31.2 Å². The number of aromatic hydroxyl groups is 1. The summed E-state index contributed by atoms with van der Waals surface area (Å²) in [6, 6.07) is 4.16. The molecule has 2 bridgehead atoms. The van der Waals surface area contributed by atoms with E-state index in [4.69, 9.17) is 4.74 Å². The van der Waals surface area contributed by atoms with Crippen molar-refractivity contribution in [1.82, 2.24) is 4.90 Å². The van der Waals surface area contributed by atoms with Crippen LogP contribution in [0.4, 0.5) is 0 Å². The van der Waals surface area contributed by atoms with Gasteiger partial charge in [0.15, 0.2) is 11.5 Å². The topological polar surface area (TPSA) is 52.9 Å². The van der Waals surface area contributed by atoms with Gasteiger partial charge in [0, 0.05) is 29.5 Å². The Balaban J connectivity index is 1.97. The number of aliphatic hydroxyl groups is 1. The van der Waals surface area contributed by atoms with Gasteiger partial charge >= 0.3 is 0 Å². The first-order valence-electron chi connectivity index (χ1n) is 9.15. The molecule has 1 heterocycles. The number of ether oxygens (including phenoxy) is 1. The van der Waals surface area contributed by atoms with E-state index in [1.165, 1.54) is 5.56 Å². The number of likely N-dealkylation sites (tertiary alicyclic amines) is 1. The van der Waals surface area contributed by atoms with Crippen molar-refractivity contribution in [1.29, 1.82) is 0 Å². The van der Waals surface area contributed by atoms with Gasteiger partial charge in [0.2, 0.25) is 0 Å². The van der Waals surface area contributed by atoms with Crippen LogP contribution in [-0.4, -0.2) is 47.5 Å². The van der Waals surface area contributed by atoms with Crippen LogP contribution < -0.4 is 4.74 Å². The van der Waals surface area contributed by atoms with Crippen LogP contribution in [0.2, 0.25) is 0 Å². The van der Waals surface area contributed by atoms with Gasteiger partial charge in [0.1, 0.15) is 0 Å². The second kappa shape index (κ2) is 5.89. The maximum Gasteiger partial charge on any atom is 0.164 e. The first-order chi connectivity index (χ1) is 12.0. The monoisotopic (exact) mass is 341 g/mol. The molecule has 1 aromatic rings. The van der Waals surface area contributed by atoms with Crippen molar-refractivity contribution >= 4 is 0 Å². The highest BCUT2D eigenvalue weighted by Crippen LogP contribution is 2.59. The van der Waals surface area contributed by atoms with Crippen molar-refractivity contribution in [3.63, 3.8) is 0 Å². The number of rotatable bonds is 3. The standard InChI is InChI=1S/C21H27NO3/c1-4-10-22-11-9-21-13(2)17(23)8-6-15(21)16(22)12-14-5-7-18(24)20(25-3)19(14)21/h4-8,13,15-17,23-24H,1,9-12H2,2-3H3/t13?,15-,16+,17-,21-/m0/s1. The largest absolute Gasteiger partial charge is 0.504 e. The van der Waals surface area contributed by atoms with E-state index in [0.717, 1.165) is 31.5 Å². The van der Waals surface area contributed by atoms with Crippen LogP contribution in [0.5, 0.6) is 11.5 Å². The van der Waals surface area contributed by atoms with Gasteiger partial charge in [-0.15, -0.1) is 6.58 Å². The molecule has 1 unspecified atom stereocenters. The van der Waals surface area contributed by atoms with Gasteiger partial charge in [-0.05, 0) is 36.9 Å². The Morgan fingerprint density at radius 3 is 2.92 bits per heavy atom. The Hall–Kier alpha value is -1.78. The Kier molecular flexibility index (Phi) is 3.93. The number of nitrogens with zero attached hydrogens (tertiary/aromatic N) is 1. The maximum atomic E-state index is 10.6. The number of hydrogen-bond acceptors (Lipinski definition) is 4. The SMILES string of the molecule is C=CCN1CC[C@@]23c4c(ccc(O)c4OC)C[C@@H]1[C@@H]2C=C[C@H](O)C3C. The van der Waals surface area contributed by atoms with Crippen molar-refractivity contribution in [3.05, 3.63) is 48.1 Å². The second-order valence-electron chi connectivity index (χ2n) is 7.69. The summed E-state index contributed by atoms with van der Waals surface area (Å²) in [6.07, 6.45) is 7.54. The number of phenolic OH excluding ortho intramolecular Hbond substituents is 1. The molecule has 4 rings (SSSR count). The number of fused-ring (bicyclic) bond motifs is 1. The summed E-state index contributed by atoms with van der Waals surface area (Å²) in [5.74, 6) is 1.17. The summed E-state index contributed by atoms with van der Waals surface area (Å²) < 4.78 is 5.65. The Morgan fingerprint density at radius 1 is 1.40 bits per heavy atom. The van der Waals surface area contributed by atoms with E-state index in [0.29, 0.717) is 17.7 Å². The molecule has 0 saturated carbocycles. The number of hydrogen-bond donors (Lipinski definition) is 2. The molecule has 1 aliphatic heterocycles. The Labute approximate surface area is 149 Å². The van der Waals surface area contributed by atoms with Gasteiger partial charge in [0.05, 0.1) is 13.2 Å². The third-order valence-corrected chi connectivity index (χ3v) is 6.82. The van der Waals surface area contributed by atoms with E-state index >= 15 is 0 Å². The van der Waals surface area contributed by atoms with Crippen molar-refractivity contribution < 1.29 is 14.9 Å². The summed E-state index contributed by atoms with van der Waals surface area (Å²) in [7, 11) is 1.62. The van der Waals surface area contributed by atoms with Gasteiger partial charge in [-0.25, -0.2) is 0 Å². The van der Waals surface area contributed by atoms with Crippen LogP contribution >= 0.6 is 0 Å². The van der Waals surface area contributed by atoms with Crippen LogP contribution in [0.3, 0.4) is 0 Å². The number of phenols is 1. The molecule has 5 atom stereocenters. The van der Waals surface area contributed by atoms with E-state index in [2.05, 4.69) is 24.5 Å². The lowest BCUT2D eigenvalue weighted by atomic mass is 9.49. The maximum absolute atomic E-state index is 10.6. The average molecular weight is 341 g/mol. The normalized spacial score (nSPS) is 36.4. The molecule has 2 N–H and O–H groups in total. The molecule has 3 aliphatic rings. The van der Waals surface area contributed by atoms with E-state index < -0.39 is 6.10 Å². The van der Waals surface area contributed by atoms with Crippen molar-refractivity contribution in [3.8, 4) is 11.5 Å². The summed E-state index contributed by atoms with van der Waals surface area (Å²) in [5, 5.41) is 21.0. The van der Waals surface area contributed by atoms with E-state index in [9.17, 15) is 10.2 Å². The molecular formula is C21H27NO3. The van der Waals surface area contributed by atoms with Gasteiger partial charge < -0.3 is 14.9 Å². The fourth-order valence-corrected chi connectivity index (χ4v) is 5.66. The molecule has 4 nitrogen and oxygen atoms in total. The molecule has 25 heavy (non-hydrogen) atoms.